The van der Waals surface area contributed by atoms with Crippen LogP contribution < -0.4 is 5.46 Å². The van der Waals surface area contributed by atoms with Gasteiger partial charge in [-0.3, -0.25) is 5.10 Å². The molecular weight excluding hydrogens is 599 g/mol. The summed E-state index contributed by atoms with van der Waals surface area (Å²) in [5, 5.41) is 14.4. The minimum absolute atomic E-state index is 0.425. The van der Waals surface area contributed by atoms with E-state index in [9.17, 15) is 9.59 Å². The number of H-pyrrole nitrogens is 1. The maximum Gasteiger partial charge on any atom is 0.498 e. The topological polar surface area (TPSA) is 135 Å². The quantitative estimate of drug-likeness (QED) is 0.252. The SMILES string of the molecule is CC(C)(C)OC(=O)n1cc(B2OC(C)(C)C(C)(C)O2)cn1.CCCl.CCc1cn[nH]c1.CCc1cnn(C(=O)OC(C)(C)C)c1. The van der Waals surface area contributed by atoms with Crippen LogP contribution in [0.15, 0.2) is 37.2 Å². The number of nitrogens with one attached hydrogen (secondary N) is 1. The number of hydrogen-bond acceptors (Lipinski definition) is 9. The van der Waals surface area contributed by atoms with Crippen molar-refractivity contribution in [1.82, 2.24) is 29.8 Å². The Balaban J connectivity index is 0.000000360. The first-order valence-corrected chi connectivity index (χ1v) is 15.7. The molecule has 1 aliphatic rings. The van der Waals surface area contributed by atoms with E-state index in [2.05, 4.69) is 27.3 Å². The van der Waals surface area contributed by atoms with Crippen molar-refractivity contribution in [2.45, 2.75) is 125 Å². The Kier molecular flexibility index (Phi) is 15.0. The van der Waals surface area contributed by atoms with Gasteiger partial charge in [-0.1, -0.05) is 20.8 Å². The Bertz CT molecular complexity index is 1290. The Morgan fingerprint density at radius 1 is 0.822 bits per heavy atom. The van der Waals surface area contributed by atoms with Crippen LogP contribution in [0.3, 0.4) is 0 Å². The fraction of sp³-hybridized carbons (Fsp3) is 0.645. The molecule has 3 aromatic rings. The molecular formula is C31H52BClN6O6. The minimum atomic E-state index is -0.562. The Labute approximate surface area is 273 Å². The van der Waals surface area contributed by atoms with E-state index in [0.717, 1.165) is 29.0 Å². The highest BCUT2D eigenvalue weighted by atomic mass is 35.5. The van der Waals surface area contributed by atoms with Gasteiger partial charge in [-0.2, -0.15) is 24.7 Å². The molecule has 0 radical (unpaired) electrons. The molecule has 0 atom stereocenters. The molecule has 45 heavy (non-hydrogen) atoms. The van der Waals surface area contributed by atoms with Gasteiger partial charge < -0.3 is 18.8 Å². The minimum Gasteiger partial charge on any atom is -0.442 e. The van der Waals surface area contributed by atoms with Gasteiger partial charge >= 0.3 is 19.3 Å². The van der Waals surface area contributed by atoms with Crippen LogP contribution in [0.1, 0.15) is 101 Å². The first-order valence-electron chi connectivity index (χ1n) is 15.1. The average molecular weight is 651 g/mol. The molecule has 14 heteroatoms. The standard InChI is InChI=1S/C14H23BN2O4.C10H16N2O2.C5H8N2.C2H5Cl/c1-12(2,3)19-11(18)17-9-10(8-16-17)15-20-13(4,5)14(6,7)21-15;1-5-8-6-11-12(7-8)9(13)14-10(2,3)4;1-2-5-3-6-7-4-5;1-2-3/h8-9H,1-7H3;6-7H,5H2,1-4H3;3-4H,2H2,1H3,(H,6,7);2H2,1H3. The zero-order chi connectivity index (χ0) is 34.6. The predicted octanol–water partition coefficient (Wildman–Crippen LogP) is 6.41. The first kappa shape index (κ1) is 39.9. The molecule has 1 aliphatic heterocycles. The van der Waals surface area contributed by atoms with Crippen molar-refractivity contribution < 1.29 is 28.4 Å². The second kappa shape index (κ2) is 17.0. The highest BCUT2D eigenvalue weighted by Crippen LogP contribution is 2.36. The lowest BCUT2D eigenvalue weighted by molar-refractivity contribution is 0.00578. The molecule has 0 amide bonds. The van der Waals surface area contributed by atoms with E-state index in [0.29, 0.717) is 5.46 Å². The number of rotatable bonds is 3. The van der Waals surface area contributed by atoms with Crippen LogP contribution in [0, 0.1) is 0 Å². The summed E-state index contributed by atoms with van der Waals surface area (Å²) < 4.78 is 24.6. The number of aromatic amines is 1. The van der Waals surface area contributed by atoms with Gasteiger partial charge in [0, 0.05) is 36.1 Å². The molecule has 0 saturated carbocycles. The molecule has 12 nitrogen and oxygen atoms in total. The van der Waals surface area contributed by atoms with E-state index < -0.39 is 41.7 Å². The number of halogens is 1. The normalized spacial score (nSPS) is 15.0. The van der Waals surface area contributed by atoms with Crippen molar-refractivity contribution in [1.29, 1.82) is 0 Å². The van der Waals surface area contributed by atoms with Gasteiger partial charge in [0.15, 0.2) is 0 Å². The van der Waals surface area contributed by atoms with Gasteiger partial charge in [0.1, 0.15) is 11.2 Å². The summed E-state index contributed by atoms with van der Waals surface area (Å²) in [5.74, 6) is 0.722. The average Bonchev–Trinajstić information content (AvgIpc) is 3.70. The van der Waals surface area contributed by atoms with Crippen molar-refractivity contribution in [3.05, 3.63) is 48.3 Å². The highest BCUT2D eigenvalue weighted by molar-refractivity contribution is 6.62. The van der Waals surface area contributed by atoms with Crippen molar-refractivity contribution in [2.24, 2.45) is 0 Å². The summed E-state index contributed by atoms with van der Waals surface area (Å²) >= 11 is 5.00. The van der Waals surface area contributed by atoms with Gasteiger partial charge in [-0.25, -0.2) is 9.59 Å². The zero-order valence-corrected chi connectivity index (χ0v) is 30.0. The Hall–Kier alpha value is -3.16. The second-order valence-corrected chi connectivity index (χ2v) is 13.7. The predicted molar refractivity (Wildman–Crippen MR) is 177 cm³/mol. The van der Waals surface area contributed by atoms with Crippen LogP contribution >= 0.6 is 11.6 Å². The lowest BCUT2D eigenvalue weighted by Gasteiger charge is -2.32. The number of carbonyl (C=O) groups is 2. The molecule has 1 fully saturated rings. The molecule has 4 heterocycles. The summed E-state index contributed by atoms with van der Waals surface area (Å²) in [4.78, 5) is 23.4. The summed E-state index contributed by atoms with van der Waals surface area (Å²) in [7, 11) is -0.536. The monoisotopic (exact) mass is 650 g/mol. The number of aromatic nitrogens is 6. The van der Waals surface area contributed by atoms with Crippen LogP contribution in [0.2, 0.25) is 0 Å². The van der Waals surface area contributed by atoms with E-state index in [1.807, 2.05) is 95.5 Å². The van der Waals surface area contributed by atoms with Gasteiger partial charge in [0.25, 0.3) is 0 Å². The molecule has 0 spiro atoms. The largest absolute Gasteiger partial charge is 0.498 e. The van der Waals surface area contributed by atoms with Crippen molar-refractivity contribution in [2.75, 3.05) is 5.88 Å². The fourth-order valence-corrected chi connectivity index (χ4v) is 3.27. The van der Waals surface area contributed by atoms with E-state index in [-0.39, 0.29) is 0 Å². The van der Waals surface area contributed by atoms with Crippen molar-refractivity contribution in [3.63, 3.8) is 0 Å². The third kappa shape index (κ3) is 13.8. The van der Waals surface area contributed by atoms with Gasteiger partial charge in [-0.05, 0) is 93.2 Å². The van der Waals surface area contributed by atoms with E-state index in [4.69, 9.17) is 30.4 Å². The van der Waals surface area contributed by atoms with Gasteiger partial charge in [-0.15, -0.1) is 11.6 Å². The maximum absolute atomic E-state index is 11.9. The van der Waals surface area contributed by atoms with Gasteiger partial charge in [0.2, 0.25) is 0 Å². The molecule has 0 bridgehead atoms. The number of carbonyl (C=O) groups excluding carboxylic acids is 2. The first-order chi connectivity index (χ1) is 20.7. The van der Waals surface area contributed by atoms with Gasteiger partial charge in [0.05, 0.1) is 23.6 Å². The molecule has 0 unspecified atom stereocenters. The molecule has 4 rings (SSSR count). The van der Waals surface area contributed by atoms with Crippen LogP contribution in [0.5, 0.6) is 0 Å². The molecule has 3 aromatic heterocycles. The third-order valence-corrected chi connectivity index (χ3v) is 6.30. The van der Waals surface area contributed by atoms with E-state index in [1.54, 1.807) is 24.8 Å². The number of nitrogens with zero attached hydrogens (tertiary/aromatic N) is 5. The van der Waals surface area contributed by atoms with E-state index in [1.165, 1.54) is 10.2 Å². The molecule has 252 valence electrons. The van der Waals surface area contributed by atoms with Crippen molar-refractivity contribution in [3.8, 4) is 0 Å². The number of alkyl halides is 1. The summed E-state index contributed by atoms with van der Waals surface area (Å²) in [5.41, 5.74) is 1.09. The smallest absolute Gasteiger partial charge is 0.442 e. The summed E-state index contributed by atoms with van der Waals surface area (Å²) in [6, 6.07) is 0. The summed E-state index contributed by atoms with van der Waals surface area (Å²) in [6.07, 6.45) is 11.2. The van der Waals surface area contributed by atoms with E-state index >= 15 is 0 Å². The summed E-state index contributed by atoms with van der Waals surface area (Å²) in [6.45, 7) is 24.8. The fourth-order valence-electron chi connectivity index (χ4n) is 3.27. The molecule has 1 N–H and O–H groups in total. The van der Waals surface area contributed by atoms with Crippen molar-refractivity contribution >= 4 is 36.4 Å². The van der Waals surface area contributed by atoms with Crippen LogP contribution in [-0.2, 0) is 31.6 Å². The lowest BCUT2D eigenvalue weighted by Crippen LogP contribution is -2.41. The molecule has 1 saturated heterocycles. The molecule has 0 aliphatic carbocycles. The Morgan fingerprint density at radius 3 is 1.62 bits per heavy atom. The lowest BCUT2D eigenvalue weighted by atomic mass is 9.82. The number of ether oxygens (including phenoxy) is 2. The zero-order valence-electron chi connectivity index (χ0n) is 29.2. The highest BCUT2D eigenvalue weighted by Gasteiger charge is 2.52. The third-order valence-electron chi connectivity index (χ3n) is 6.30. The number of aryl methyl sites for hydroxylation is 2. The molecule has 0 aromatic carbocycles. The maximum atomic E-state index is 11.9. The Morgan fingerprint density at radius 2 is 1.27 bits per heavy atom. The second-order valence-electron chi connectivity index (χ2n) is 13.1. The van der Waals surface area contributed by atoms with Crippen LogP contribution in [0.25, 0.3) is 0 Å². The van der Waals surface area contributed by atoms with Crippen LogP contribution in [0.4, 0.5) is 9.59 Å². The number of hydrogen-bond donors (Lipinski definition) is 1. The van der Waals surface area contributed by atoms with Crippen LogP contribution in [-0.4, -0.2) is 77.3 Å².